The first kappa shape index (κ1) is 19.3. The number of aryl methyl sites for hydroxylation is 2. The van der Waals surface area contributed by atoms with Crippen LogP contribution in [0.2, 0.25) is 0 Å². The summed E-state index contributed by atoms with van der Waals surface area (Å²) >= 11 is 1.51. The molecule has 1 N–H and O–H groups in total. The quantitative estimate of drug-likeness (QED) is 0.853. The largest absolute Gasteiger partial charge is 0.393 e. The van der Waals surface area contributed by atoms with Gasteiger partial charge in [-0.15, -0.1) is 11.3 Å². The number of hydrogen-bond donors (Lipinski definition) is 1. The highest BCUT2D eigenvalue weighted by molar-refractivity contribution is 7.13. The van der Waals surface area contributed by atoms with Gasteiger partial charge in [-0.05, 0) is 51.4 Å². The standard InChI is InChI=1S/C20H31N3O3S/c1-14-18(27-15(2)21-14)19(25)23-9-5-20(6-10-23)11-17(26-13-20)12-22-7-3-16(24)4-8-22/h16-17,24H,3-13H2,1-2H3/t17-/m0/s1. The fourth-order valence-electron chi connectivity index (χ4n) is 4.81. The number of ether oxygens (including phenoxy) is 1. The molecule has 1 amide bonds. The van der Waals surface area contributed by atoms with Crippen molar-refractivity contribution in [2.45, 2.75) is 58.2 Å². The van der Waals surface area contributed by atoms with Crippen molar-refractivity contribution in [3.8, 4) is 0 Å². The zero-order valence-corrected chi connectivity index (χ0v) is 17.3. The molecule has 0 radical (unpaired) electrons. The summed E-state index contributed by atoms with van der Waals surface area (Å²) in [4.78, 5) is 22.5. The summed E-state index contributed by atoms with van der Waals surface area (Å²) in [5.74, 6) is 0.148. The molecule has 3 aliphatic heterocycles. The first-order valence-corrected chi connectivity index (χ1v) is 11.0. The number of aliphatic hydroxyl groups is 1. The normalized spacial score (nSPS) is 26.8. The predicted molar refractivity (Wildman–Crippen MR) is 105 cm³/mol. The summed E-state index contributed by atoms with van der Waals surface area (Å²) in [6.45, 7) is 9.29. The second-order valence-electron chi connectivity index (χ2n) is 8.61. The van der Waals surface area contributed by atoms with Gasteiger partial charge in [0.1, 0.15) is 4.88 Å². The summed E-state index contributed by atoms with van der Waals surface area (Å²) in [6.07, 6.45) is 5.11. The number of carbonyl (C=O) groups excluding carboxylic acids is 1. The lowest BCUT2D eigenvalue weighted by Gasteiger charge is -2.38. The fraction of sp³-hybridized carbons (Fsp3) is 0.800. The predicted octanol–water partition coefficient (Wildman–Crippen LogP) is 2.23. The van der Waals surface area contributed by atoms with Crippen molar-refractivity contribution < 1.29 is 14.6 Å². The van der Waals surface area contributed by atoms with E-state index >= 15 is 0 Å². The minimum atomic E-state index is -0.120. The van der Waals surface area contributed by atoms with Crippen molar-refractivity contribution in [3.05, 3.63) is 15.6 Å². The van der Waals surface area contributed by atoms with Gasteiger partial charge in [-0.3, -0.25) is 4.79 Å². The number of carbonyl (C=O) groups is 1. The molecule has 0 saturated carbocycles. The number of amides is 1. The SMILES string of the molecule is Cc1nc(C)c(C(=O)N2CCC3(CC2)CO[C@H](CN2CCC(O)CC2)C3)s1. The van der Waals surface area contributed by atoms with E-state index in [0.29, 0.717) is 6.10 Å². The van der Waals surface area contributed by atoms with Crippen LogP contribution in [0.5, 0.6) is 0 Å². The Balaban J connectivity index is 1.29. The second-order valence-corrected chi connectivity index (χ2v) is 9.81. The first-order chi connectivity index (χ1) is 12.9. The highest BCUT2D eigenvalue weighted by atomic mass is 32.1. The maximum absolute atomic E-state index is 12.8. The molecule has 6 nitrogen and oxygen atoms in total. The number of hydrogen-bond acceptors (Lipinski definition) is 6. The van der Waals surface area contributed by atoms with Gasteiger partial charge in [0, 0.05) is 32.7 Å². The monoisotopic (exact) mass is 393 g/mol. The molecule has 1 aromatic rings. The number of thiazole rings is 1. The van der Waals surface area contributed by atoms with Gasteiger partial charge in [-0.1, -0.05) is 0 Å². The van der Waals surface area contributed by atoms with E-state index in [2.05, 4.69) is 9.88 Å². The third-order valence-corrected chi connectivity index (χ3v) is 7.57. The van der Waals surface area contributed by atoms with Gasteiger partial charge in [0.25, 0.3) is 5.91 Å². The second kappa shape index (κ2) is 7.78. The maximum Gasteiger partial charge on any atom is 0.265 e. The van der Waals surface area contributed by atoms with Crippen LogP contribution in [-0.2, 0) is 4.74 Å². The van der Waals surface area contributed by atoms with E-state index in [1.807, 2.05) is 18.7 Å². The lowest BCUT2D eigenvalue weighted by molar-refractivity contribution is 0.0302. The third kappa shape index (κ3) is 4.21. The lowest BCUT2D eigenvalue weighted by Crippen LogP contribution is -2.44. The molecular weight excluding hydrogens is 362 g/mol. The van der Waals surface area contributed by atoms with Crippen LogP contribution in [0.25, 0.3) is 0 Å². The smallest absolute Gasteiger partial charge is 0.265 e. The van der Waals surface area contributed by atoms with Crippen LogP contribution in [0.15, 0.2) is 0 Å². The van der Waals surface area contributed by atoms with Crippen LogP contribution in [0.3, 0.4) is 0 Å². The molecule has 3 aliphatic rings. The number of aromatic nitrogens is 1. The highest BCUT2D eigenvalue weighted by Gasteiger charge is 2.43. The van der Waals surface area contributed by atoms with Crippen molar-refractivity contribution in [1.82, 2.24) is 14.8 Å². The Morgan fingerprint density at radius 3 is 2.59 bits per heavy atom. The average molecular weight is 394 g/mol. The Kier molecular flexibility index (Phi) is 5.56. The van der Waals surface area contributed by atoms with Gasteiger partial charge in [-0.25, -0.2) is 4.98 Å². The molecule has 0 bridgehead atoms. The van der Waals surface area contributed by atoms with Crippen molar-refractivity contribution >= 4 is 17.2 Å². The molecule has 4 heterocycles. The molecule has 0 unspecified atom stereocenters. The number of nitrogens with zero attached hydrogens (tertiary/aromatic N) is 3. The number of rotatable bonds is 3. The van der Waals surface area contributed by atoms with E-state index in [9.17, 15) is 9.90 Å². The zero-order chi connectivity index (χ0) is 19.0. The molecule has 7 heteroatoms. The summed E-state index contributed by atoms with van der Waals surface area (Å²) in [6, 6.07) is 0. The molecule has 1 spiro atoms. The minimum Gasteiger partial charge on any atom is -0.393 e. The summed E-state index contributed by atoms with van der Waals surface area (Å²) in [5.41, 5.74) is 1.11. The lowest BCUT2D eigenvalue weighted by atomic mass is 9.76. The van der Waals surface area contributed by atoms with Crippen LogP contribution in [-0.4, -0.2) is 77.3 Å². The van der Waals surface area contributed by atoms with E-state index in [-0.39, 0.29) is 17.4 Å². The molecule has 4 rings (SSSR count). The van der Waals surface area contributed by atoms with E-state index in [4.69, 9.17) is 4.74 Å². The van der Waals surface area contributed by atoms with Crippen molar-refractivity contribution in [2.24, 2.45) is 5.41 Å². The molecule has 1 aromatic heterocycles. The van der Waals surface area contributed by atoms with Gasteiger partial charge in [0.15, 0.2) is 0 Å². The molecule has 0 aromatic carbocycles. The Morgan fingerprint density at radius 1 is 1.26 bits per heavy atom. The molecule has 150 valence electrons. The molecule has 3 fully saturated rings. The number of piperidine rings is 2. The number of aliphatic hydroxyl groups excluding tert-OH is 1. The van der Waals surface area contributed by atoms with E-state index < -0.39 is 0 Å². The molecular formula is C20H31N3O3S. The number of likely N-dealkylation sites (tertiary alicyclic amines) is 2. The van der Waals surface area contributed by atoms with Gasteiger partial charge < -0.3 is 19.6 Å². The molecule has 3 saturated heterocycles. The zero-order valence-electron chi connectivity index (χ0n) is 16.4. The van der Waals surface area contributed by atoms with Crippen LogP contribution in [0.1, 0.15) is 52.5 Å². The van der Waals surface area contributed by atoms with E-state index in [1.54, 1.807) is 0 Å². The molecule has 27 heavy (non-hydrogen) atoms. The minimum absolute atomic E-state index is 0.120. The Bertz CT molecular complexity index is 676. The van der Waals surface area contributed by atoms with Crippen LogP contribution in [0.4, 0.5) is 0 Å². The van der Waals surface area contributed by atoms with Gasteiger partial charge in [0.05, 0.1) is 29.5 Å². The summed E-state index contributed by atoms with van der Waals surface area (Å²) in [7, 11) is 0. The summed E-state index contributed by atoms with van der Waals surface area (Å²) in [5, 5.41) is 10.6. The van der Waals surface area contributed by atoms with E-state index in [0.717, 1.165) is 87.0 Å². The topological polar surface area (TPSA) is 65.9 Å². The Morgan fingerprint density at radius 2 is 1.96 bits per heavy atom. The Labute approximate surface area is 165 Å². The maximum atomic E-state index is 12.8. The summed E-state index contributed by atoms with van der Waals surface area (Å²) < 4.78 is 6.16. The first-order valence-electron chi connectivity index (χ1n) is 10.2. The van der Waals surface area contributed by atoms with E-state index in [1.165, 1.54) is 11.3 Å². The van der Waals surface area contributed by atoms with Crippen molar-refractivity contribution in [3.63, 3.8) is 0 Å². The van der Waals surface area contributed by atoms with Crippen molar-refractivity contribution in [1.29, 1.82) is 0 Å². The van der Waals surface area contributed by atoms with Crippen LogP contribution in [0, 0.1) is 19.3 Å². The van der Waals surface area contributed by atoms with Crippen molar-refractivity contribution in [2.75, 3.05) is 39.3 Å². The van der Waals surface area contributed by atoms with Gasteiger partial charge >= 0.3 is 0 Å². The fourth-order valence-corrected chi connectivity index (χ4v) is 5.70. The average Bonchev–Trinajstić information content (AvgIpc) is 3.20. The highest BCUT2D eigenvalue weighted by Crippen LogP contribution is 2.42. The molecule has 0 aliphatic carbocycles. The van der Waals surface area contributed by atoms with Gasteiger partial charge in [-0.2, -0.15) is 0 Å². The van der Waals surface area contributed by atoms with Gasteiger partial charge in [0.2, 0.25) is 0 Å². The Hall–Kier alpha value is -1.02. The third-order valence-electron chi connectivity index (χ3n) is 6.51. The van der Waals surface area contributed by atoms with Crippen LogP contribution >= 0.6 is 11.3 Å². The van der Waals surface area contributed by atoms with Crippen LogP contribution < -0.4 is 0 Å². The molecule has 1 atom stereocenters.